The van der Waals surface area contributed by atoms with Crippen molar-refractivity contribution in [1.82, 2.24) is 10.3 Å². The maximum absolute atomic E-state index is 13.8. The predicted octanol–water partition coefficient (Wildman–Crippen LogP) is 3.39. The monoisotopic (exact) mass is 244 g/mol. The van der Waals surface area contributed by atoms with Crippen molar-refractivity contribution < 1.29 is 4.39 Å². The Morgan fingerprint density at radius 1 is 1.28 bits per heavy atom. The summed E-state index contributed by atoms with van der Waals surface area (Å²) in [6.45, 7) is 4.92. The maximum Gasteiger partial charge on any atom is 0.131 e. The van der Waals surface area contributed by atoms with Crippen molar-refractivity contribution in [2.24, 2.45) is 0 Å². The highest BCUT2D eigenvalue weighted by Crippen LogP contribution is 2.23. The van der Waals surface area contributed by atoms with Crippen LogP contribution in [0.5, 0.6) is 0 Å². The fourth-order valence-corrected chi connectivity index (χ4v) is 1.75. The second-order valence-electron chi connectivity index (χ2n) is 4.59. The molecule has 1 heterocycles. The summed E-state index contributed by atoms with van der Waals surface area (Å²) in [5.41, 5.74) is 2.48. The van der Waals surface area contributed by atoms with Crippen molar-refractivity contribution in [3.8, 4) is 11.1 Å². The van der Waals surface area contributed by atoms with Gasteiger partial charge in [-0.15, -0.1) is 0 Å². The number of nitrogens with one attached hydrogen (secondary N) is 1. The van der Waals surface area contributed by atoms with E-state index in [0.29, 0.717) is 11.6 Å². The molecule has 0 aliphatic carbocycles. The van der Waals surface area contributed by atoms with Crippen LogP contribution < -0.4 is 5.32 Å². The third kappa shape index (κ3) is 3.14. The van der Waals surface area contributed by atoms with Gasteiger partial charge in [-0.3, -0.25) is 4.98 Å². The molecule has 0 amide bonds. The number of benzene rings is 1. The maximum atomic E-state index is 13.8. The van der Waals surface area contributed by atoms with Crippen molar-refractivity contribution in [3.63, 3.8) is 0 Å². The van der Waals surface area contributed by atoms with Crippen LogP contribution in [0.4, 0.5) is 4.39 Å². The van der Waals surface area contributed by atoms with Crippen LogP contribution in [0, 0.1) is 5.82 Å². The summed E-state index contributed by atoms with van der Waals surface area (Å²) in [4.78, 5) is 4.02. The van der Waals surface area contributed by atoms with Crippen LogP contribution in [-0.2, 0) is 6.54 Å². The summed E-state index contributed by atoms with van der Waals surface area (Å²) in [7, 11) is 0. The molecule has 0 aliphatic heterocycles. The van der Waals surface area contributed by atoms with Gasteiger partial charge in [-0.1, -0.05) is 26.0 Å². The Bertz CT molecular complexity index is 509. The van der Waals surface area contributed by atoms with E-state index in [1.165, 1.54) is 6.07 Å². The highest BCUT2D eigenvalue weighted by molar-refractivity contribution is 5.63. The molecule has 0 aliphatic rings. The number of pyridine rings is 1. The molecule has 0 bridgehead atoms. The van der Waals surface area contributed by atoms with E-state index in [1.54, 1.807) is 12.4 Å². The number of rotatable bonds is 4. The van der Waals surface area contributed by atoms with Crippen molar-refractivity contribution in [2.75, 3.05) is 0 Å². The Morgan fingerprint density at radius 2 is 2.11 bits per heavy atom. The average molecular weight is 244 g/mol. The smallest absolute Gasteiger partial charge is 0.131 e. The van der Waals surface area contributed by atoms with E-state index in [4.69, 9.17) is 0 Å². The molecule has 3 heteroatoms. The van der Waals surface area contributed by atoms with E-state index < -0.39 is 0 Å². The predicted molar refractivity (Wildman–Crippen MR) is 71.6 cm³/mol. The molecule has 1 aromatic carbocycles. The van der Waals surface area contributed by atoms with Gasteiger partial charge in [0.15, 0.2) is 0 Å². The molecule has 0 saturated heterocycles. The molecular formula is C15H17FN2. The van der Waals surface area contributed by atoms with Gasteiger partial charge in [0.05, 0.1) is 0 Å². The standard InChI is InChI=1S/C15H17FN2/c1-11(2)18-9-12-5-6-15(16)14(8-12)13-4-3-7-17-10-13/h3-8,10-11,18H,9H2,1-2H3. The fraction of sp³-hybridized carbons (Fsp3) is 0.267. The lowest BCUT2D eigenvalue weighted by atomic mass is 10.0. The molecule has 0 radical (unpaired) electrons. The summed E-state index contributed by atoms with van der Waals surface area (Å²) in [6, 6.07) is 9.29. The highest BCUT2D eigenvalue weighted by Gasteiger charge is 2.06. The minimum atomic E-state index is -0.212. The van der Waals surface area contributed by atoms with E-state index >= 15 is 0 Å². The number of nitrogens with zero attached hydrogens (tertiary/aromatic N) is 1. The third-order valence-electron chi connectivity index (χ3n) is 2.72. The minimum absolute atomic E-state index is 0.212. The minimum Gasteiger partial charge on any atom is -0.310 e. The Labute approximate surface area is 107 Å². The molecule has 2 rings (SSSR count). The van der Waals surface area contributed by atoms with Gasteiger partial charge < -0.3 is 5.32 Å². The second-order valence-corrected chi connectivity index (χ2v) is 4.59. The van der Waals surface area contributed by atoms with Crippen molar-refractivity contribution in [2.45, 2.75) is 26.4 Å². The van der Waals surface area contributed by atoms with Crippen LogP contribution in [0.2, 0.25) is 0 Å². The van der Waals surface area contributed by atoms with Gasteiger partial charge in [0.2, 0.25) is 0 Å². The fourth-order valence-electron chi connectivity index (χ4n) is 1.75. The summed E-state index contributed by atoms with van der Waals surface area (Å²) in [5, 5.41) is 3.32. The lowest BCUT2D eigenvalue weighted by molar-refractivity contribution is 0.586. The zero-order valence-corrected chi connectivity index (χ0v) is 10.7. The zero-order valence-electron chi connectivity index (χ0n) is 10.7. The lowest BCUT2D eigenvalue weighted by Gasteiger charge is -2.10. The van der Waals surface area contributed by atoms with Crippen molar-refractivity contribution in [3.05, 3.63) is 54.1 Å². The van der Waals surface area contributed by atoms with E-state index in [9.17, 15) is 4.39 Å². The number of hydrogen-bond donors (Lipinski definition) is 1. The van der Waals surface area contributed by atoms with E-state index in [-0.39, 0.29) is 5.82 Å². The SMILES string of the molecule is CC(C)NCc1ccc(F)c(-c2cccnc2)c1. The van der Waals surface area contributed by atoms with Crippen LogP contribution in [-0.4, -0.2) is 11.0 Å². The Balaban J connectivity index is 2.27. The zero-order chi connectivity index (χ0) is 13.0. The van der Waals surface area contributed by atoms with Crippen molar-refractivity contribution in [1.29, 1.82) is 0 Å². The van der Waals surface area contributed by atoms with E-state index in [1.807, 2.05) is 24.3 Å². The molecule has 0 saturated carbocycles. The number of halogens is 1. The van der Waals surface area contributed by atoms with Gasteiger partial charge >= 0.3 is 0 Å². The first kappa shape index (κ1) is 12.7. The Kier molecular flexibility index (Phi) is 4.05. The molecule has 1 N–H and O–H groups in total. The van der Waals surface area contributed by atoms with Gasteiger partial charge in [-0.25, -0.2) is 4.39 Å². The molecular weight excluding hydrogens is 227 g/mol. The van der Waals surface area contributed by atoms with Gasteiger partial charge in [-0.05, 0) is 23.8 Å². The number of hydrogen-bond acceptors (Lipinski definition) is 2. The van der Waals surface area contributed by atoms with Crippen LogP contribution >= 0.6 is 0 Å². The molecule has 1 aromatic heterocycles. The first-order valence-electron chi connectivity index (χ1n) is 6.09. The van der Waals surface area contributed by atoms with Gasteiger partial charge in [0.25, 0.3) is 0 Å². The van der Waals surface area contributed by atoms with Gasteiger partial charge in [0.1, 0.15) is 5.82 Å². The Hall–Kier alpha value is -1.74. The first-order valence-corrected chi connectivity index (χ1v) is 6.09. The quantitative estimate of drug-likeness (QED) is 0.891. The Morgan fingerprint density at radius 3 is 2.78 bits per heavy atom. The molecule has 2 nitrogen and oxygen atoms in total. The van der Waals surface area contributed by atoms with E-state index in [0.717, 1.165) is 17.7 Å². The van der Waals surface area contributed by atoms with Crippen molar-refractivity contribution >= 4 is 0 Å². The first-order chi connectivity index (χ1) is 8.66. The lowest BCUT2D eigenvalue weighted by Crippen LogP contribution is -2.21. The molecule has 94 valence electrons. The van der Waals surface area contributed by atoms with Crippen LogP contribution in [0.3, 0.4) is 0 Å². The normalized spacial score (nSPS) is 10.9. The second kappa shape index (κ2) is 5.74. The van der Waals surface area contributed by atoms with Crippen LogP contribution in [0.1, 0.15) is 19.4 Å². The summed E-state index contributed by atoms with van der Waals surface area (Å²) >= 11 is 0. The largest absolute Gasteiger partial charge is 0.310 e. The molecule has 0 spiro atoms. The van der Waals surface area contributed by atoms with Gasteiger partial charge in [-0.2, -0.15) is 0 Å². The molecule has 0 fully saturated rings. The van der Waals surface area contributed by atoms with E-state index in [2.05, 4.69) is 24.1 Å². The molecule has 0 unspecified atom stereocenters. The molecule has 18 heavy (non-hydrogen) atoms. The molecule has 0 atom stereocenters. The third-order valence-corrected chi connectivity index (χ3v) is 2.72. The summed E-state index contributed by atoms with van der Waals surface area (Å²) in [5.74, 6) is -0.212. The van der Waals surface area contributed by atoms with Crippen LogP contribution in [0.25, 0.3) is 11.1 Å². The molecule has 2 aromatic rings. The summed E-state index contributed by atoms with van der Waals surface area (Å²) in [6.07, 6.45) is 3.36. The average Bonchev–Trinajstić information content (AvgIpc) is 2.38. The highest BCUT2D eigenvalue weighted by atomic mass is 19.1. The number of aromatic nitrogens is 1. The van der Waals surface area contributed by atoms with Crippen LogP contribution in [0.15, 0.2) is 42.7 Å². The van der Waals surface area contributed by atoms with Gasteiger partial charge in [0, 0.05) is 36.1 Å². The summed E-state index contributed by atoms with van der Waals surface area (Å²) < 4.78 is 13.8. The topological polar surface area (TPSA) is 24.9 Å².